The van der Waals surface area contributed by atoms with Gasteiger partial charge in [-0.2, -0.15) is 0 Å². The van der Waals surface area contributed by atoms with Crippen LogP contribution in [0.5, 0.6) is 5.75 Å². The minimum absolute atomic E-state index is 0.340. The van der Waals surface area contributed by atoms with Crippen molar-refractivity contribution in [2.24, 2.45) is 5.92 Å². The molecule has 2 rings (SSSR count). The Hall–Kier alpha value is -1.06. The van der Waals surface area contributed by atoms with E-state index in [1.807, 2.05) is 12.1 Å². The summed E-state index contributed by atoms with van der Waals surface area (Å²) in [5.74, 6) is 1.12. The predicted octanol–water partition coefficient (Wildman–Crippen LogP) is 2.68. The first-order valence-corrected chi connectivity index (χ1v) is 7.21. The lowest BCUT2D eigenvalue weighted by Gasteiger charge is -2.31. The summed E-state index contributed by atoms with van der Waals surface area (Å²) in [6, 6.07) is 8.07. The van der Waals surface area contributed by atoms with Gasteiger partial charge >= 0.3 is 0 Å². The fourth-order valence-electron chi connectivity index (χ4n) is 2.65. The van der Waals surface area contributed by atoms with E-state index in [4.69, 9.17) is 4.74 Å². The maximum atomic E-state index is 9.29. The molecule has 0 saturated carbocycles. The van der Waals surface area contributed by atoms with E-state index < -0.39 is 0 Å². The van der Waals surface area contributed by atoms with Crippen molar-refractivity contribution in [2.75, 3.05) is 26.8 Å². The summed E-state index contributed by atoms with van der Waals surface area (Å²) in [6.07, 6.45) is 3.41. The molecule has 1 unspecified atom stereocenters. The van der Waals surface area contributed by atoms with Crippen molar-refractivity contribution >= 4 is 0 Å². The number of aromatic hydroxyl groups is 1. The molecule has 0 bridgehead atoms. The summed E-state index contributed by atoms with van der Waals surface area (Å²) in [6.45, 7) is 5.27. The molecule has 0 spiro atoms. The summed E-state index contributed by atoms with van der Waals surface area (Å²) in [4.78, 5) is 2.45. The fraction of sp³-hybridized carbons (Fsp3) is 0.625. The molecule has 1 N–H and O–H groups in total. The molecule has 3 nitrogen and oxygen atoms in total. The molecule has 1 aliphatic rings. The third kappa shape index (κ3) is 4.51. The van der Waals surface area contributed by atoms with Gasteiger partial charge in [0.15, 0.2) is 0 Å². The number of rotatable bonds is 5. The maximum absolute atomic E-state index is 9.29. The normalized spacial score (nSPS) is 18.7. The van der Waals surface area contributed by atoms with Gasteiger partial charge in [-0.1, -0.05) is 12.1 Å². The Morgan fingerprint density at radius 3 is 2.53 bits per heavy atom. The summed E-state index contributed by atoms with van der Waals surface area (Å²) in [5.41, 5.74) is 1.28. The Kier molecular flexibility index (Phi) is 5.23. The van der Waals surface area contributed by atoms with Crippen molar-refractivity contribution in [3.63, 3.8) is 0 Å². The van der Waals surface area contributed by atoms with Gasteiger partial charge in [0.1, 0.15) is 5.75 Å². The zero-order valence-corrected chi connectivity index (χ0v) is 12.0. The molecule has 0 radical (unpaired) electrons. The largest absolute Gasteiger partial charge is 0.508 e. The van der Waals surface area contributed by atoms with Crippen LogP contribution in [0.1, 0.15) is 25.3 Å². The van der Waals surface area contributed by atoms with Crippen molar-refractivity contribution in [3.8, 4) is 5.75 Å². The molecule has 0 aromatic heterocycles. The lowest BCUT2D eigenvalue weighted by molar-refractivity contribution is 0.0514. The highest BCUT2D eigenvalue weighted by atomic mass is 16.5. The molecule has 1 aromatic rings. The van der Waals surface area contributed by atoms with Gasteiger partial charge in [-0.05, 0) is 56.8 Å². The molecule has 1 heterocycles. The van der Waals surface area contributed by atoms with Crippen LogP contribution in [0.25, 0.3) is 0 Å². The van der Waals surface area contributed by atoms with Crippen LogP contribution in [0.2, 0.25) is 0 Å². The van der Waals surface area contributed by atoms with Gasteiger partial charge in [-0.15, -0.1) is 0 Å². The zero-order chi connectivity index (χ0) is 13.7. The summed E-state index contributed by atoms with van der Waals surface area (Å²) >= 11 is 0. The maximum Gasteiger partial charge on any atom is 0.115 e. The van der Waals surface area contributed by atoms with E-state index in [0.29, 0.717) is 11.8 Å². The number of likely N-dealkylation sites (N-methyl/N-ethyl adjacent to an activating group) is 1. The molecule has 106 valence electrons. The number of nitrogens with zero attached hydrogens (tertiary/aromatic N) is 1. The van der Waals surface area contributed by atoms with Crippen LogP contribution in [0, 0.1) is 5.92 Å². The molecule has 3 heteroatoms. The second kappa shape index (κ2) is 6.92. The molecule has 1 aliphatic heterocycles. The summed E-state index contributed by atoms with van der Waals surface area (Å²) < 4.78 is 5.41. The third-order valence-electron chi connectivity index (χ3n) is 4.11. The Labute approximate surface area is 116 Å². The van der Waals surface area contributed by atoms with Gasteiger partial charge in [0.05, 0.1) is 0 Å². The van der Waals surface area contributed by atoms with Crippen molar-refractivity contribution in [3.05, 3.63) is 29.8 Å². The molecule has 1 atom stereocenters. The van der Waals surface area contributed by atoms with Gasteiger partial charge in [-0.3, -0.25) is 0 Å². The van der Waals surface area contributed by atoms with E-state index in [2.05, 4.69) is 18.9 Å². The molecule has 0 aliphatic carbocycles. The third-order valence-corrected chi connectivity index (χ3v) is 4.11. The van der Waals surface area contributed by atoms with Crippen molar-refractivity contribution < 1.29 is 9.84 Å². The smallest absolute Gasteiger partial charge is 0.115 e. The molecule has 1 aromatic carbocycles. The first-order chi connectivity index (χ1) is 9.15. The highest BCUT2D eigenvalue weighted by Crippen LogP contribution is 2.18. The average Bonchev–Trinajstić information content (AvgIpc) is 2.42. The van der Waals surface area contributed by atoms with Crippen LogP contribution in [0.4, 0.5) is 0 Å². The van der Waals surface area contributed by atoms with Gasteiger partial charge in [0.2, 0.25) is 0 Å². The minimum Gasteiger partial charge on any atom is -0.508 e. The van der Waals surface area contributed by atoms with Crippen molar-refractivity contribution in [1.82, 2.24) is 4.90 Å². The van der Waals surface area contributed by atoms with Crippen LogP contribution in [0.3, 0.4) is 0 Å². The highest BCUT2D eigenvalue weighted by Gasteiger charge is 2.18. The topological polar surface area (TPSA) is 32.7 Å². The van der Waals surface area contributed by atoms with Gasteiger partial charge < -0.3 is 14.7 Å². The van der Waals surface area contributed by atoms with Crippen molar-refractivity contribution in [1.29, 1.82) is 0 Å². The van der Waals surface area contributed by atoms with Gasteiger partial charge in [0, 0.05) is 25.8 Å². The average molecular weight is 263 g/mol. The quantitative estimate of drug-likeness (QED) is 0.886. The monoisotopic (exact) mass is 263 g/mol. The SMILES string of the molecule is CC(Cc1ccc(O)cc1)N(C)CC1CCOCC1. The number of phenolic OH excluding ortho intramolecular Hbond substituents is 1. The summed E-state index contributed by atoms with van der Waals surface area (Å²) in [5, 5.41) is 9.29. The van der Waals surface area contributed by atoms with Crippen LogP contribution in [0.15, 0.2) is 24.3 Å². The van der Waals surface area contributed by atoms with E-state index in [1.54, 1.807) is 12.1 Å². The van der Waals surface area contributed by atoms with Crippen LogP contribution in [-0.4, -0.2) is 42.9 Å². The fourth-order valence-corrected chi connectivity index (χ4v) is 2.65. The second-order valence-electron chi connectivity index (χ2n) is 5.71. The number of hydrogen-bond donors (Lipinski definition) is 1. The lowest BCUT2D eigenvalue weighted by Crippen LogP contribution is -2.36. The number of phenols is 1. The second-order valence-corrected chi connectivity index (χ2v) is 5.71. The molecule has 1 saturated heterocycles. The van der Waals surface area contributed by atoms with Gasteiger partial charge in [0.25, 0.3) is 0 Å². The predicted molar refractivity (Wildman–Crippen MR) is 77.4 cm³/mol. The molecule has 19 heavy (non-hydrogen) atoms. The van der Waals surface area contributed by atoms with Crippen LogP contribution < -0.4 is 0 Å². The molecular weight excluding hydrogens is 238 g/mol. The highest BCUT2D eigenvalue weighted by molar-refractivity contribution is 5.26. The number of benzene rings is 1. The summed E-state index contributed by atoms with van der Waals surface area (Å²) in [7, 11) is 2.21. The Bertz CT molecular complexity index is 371. The van der Waals surface area contributed by atoms with Gasteiger partial charge in [-0.25, -0.2) is 0 Å². The molecule has 1 fully saturated rings. The Morgan fingerprint density at radius 1 is 1.26 bits per heavy atom. The van der Waals surface area contributed by atoms with Crippen LogP contribution >= 0.6 is 0 Å². The molecular formula is C16H25NO2. The van der Waals surface area contributed by atoms with Crippen LogP contribution in [-0.2, 0) is 11.2 Å². The van der Waals surface area contributed by atoms with E-state index in [-0.39, 0.29) is 0 Å². The zero-order valence-electron chi connectivity index (χ0n) is 12.0. The molecule has 0 amide bonds. The Morgan fingerprint density at radius 2 is 1.89 bits per heavy atom. The number of hydrogen-bond acceptors (Lipinski definition) is 3. The lowest BCUT2D eigenvalue weighted by atomic mass is 9.98. The van der Waals surface area contributed by atoms with E-state index in [1.165, 1.54) is 18.4 Å². The van der Waals surface area contributed by atoms with Crippen molar-refractivity contribution in [2.45, 2.75) is 32.2 Å². The van der Waals surface area contributed by atoms with E-state index in [0.717, 1.165) is 32.1 Å². The van der Waals surface area contributed by atoms with E-state index in [9.17, 15) is 5.11 Å². The first-order valence-electron chi connectivity index (χ1n) is 7.21. The standard InChI is InChI=1S/C16H25NO2/c1-13(11-14-3-5-16(18)6-4-14)17(2)12-15-7-9-19-10-8-15/h3-6,13,15,18H,7-12H2,1-2H3. The first kappa shape index (κ1) is 14.4. The Balaban J connectivity index is 1.81. The minimum atomic E-state index is 0.340. The number of ether oxygens (including phenoxy) is 1. The van der Waals surface area contributed by atoms with E-state index >= 15 is 0 Å².